The fourth-order valence-electron chi connectivity index (χ4n) is 0.760. The average Bonchev–Trinajstić information content (AvgIpc) is 2.15. The molecule has 0 fully saturated rings. The summed E-state index contributed by atoms with van der Waals surface area (Å²) in [5, 5.41) is 7.38. The number of rotatable bonds is 8. The van der Waals surface area contributed by atoms with E-state index < -0.39 is 0 Å². The Labute approximate surface area is 96.0 Å². The second kappa shape index (κ2) is 9.52. The van der Waals surface area contributed by atoms with E-state index in [0.29, 0.717) is 0 Å². The summed E-state index contributed by atoms with van der Waals surface area (Å²) in [6, 6.07) is 0. The average molecular weight is 235 g/mol. The largest absolute Gasteiger partial charge is 0.369 e. The first kappa shape index (κ1) is 14.0. The van der Waals surface area contributed by atoms with Crippen LogP contribution in [0.3, 0.4) is 0 Å². The number of hydrogen-bond donors (Lipinski definition) is 2. The molecule has 0 heterocycles. The molecule has 0 saturated carbocycles. The standard InChI is InChI=1S/C9H21N3S2/c1-3-5-7-13-12(9(10)11)14-8-6-4-2/h3-8H2,1-2H3,(H3,10,11). The van der Waals surface area contributed by atoms with Crippen LogP contribution in [0.25, 0.3) is 0 Å². The lowest BCUT2D eigenvalue weighted by Crippen LogP contribution is -2.25. The molecule has 0 aromatic rings. The van der Waals surface area contributed by atoms with Gasteiger partial charge in [0.05, 0.1) is 0 Å². The molecule has 84 valence electrons. The van der Waals surface area contributed by atoms with Crippen molar-refractivity contribution in [1.82, 2.24) is 3.71 Å². The second-order valence-electron chi connectivity index (χ2n) is 3.02. The third-order valence-corrected chi connectivity index (χ3v) is 4.05. The summed E-state index contributed by atoms with van der Waals surface area (Å²) >= 11 is 3.30. The monoisotopic (exact) mass is 235 g/mol. The van der Waals surface area contributed by atoms with Gasteiger partial charge in [0.1, 0.15) is 0 Å². The zero-order valence-electron chi connectivity index (χ0n) is 9.08. The van der Waals surface area contributed by atoms with Crippen molar-refractivity contribution < 1.29 is 0 Å². The second-order valence-corrected chi connectivity index (χ2v) is 5.31. The molecule has 14 heavy (non-hydrogen) atoms. The Morgan fingerprint density at radius 2 is 1.57 bits per heavy atom. The quantitative estimate of drug-likeness (QED) is 0.294. The number of nitrogens with zero attached hydrogens (tertiary/aromatic N) is 1. The van der Waals surface area contributed by atoms with Crippen LogP contribution in [0.1, 0.15) is 39.5 Å². The molecular weight excluding hydrogens is 214 g/mol. The third kappa shape index (κ3) is 7.38. The maximum absolute atomic E-state index is 7.38. The summed E-state index contributed by atoms with van der Waals surface area (Å²) in [6.07, 6.45) is 4.75. The van der Waals surface area contributed by atoms with Crippen LogP contribution in [0.4, 0.5) is 0 Å². The third-order valence-electron chi connectivity index (χ3n) is 1.61. The minimum absolute atomic E-state index is 0.159. The Kier molecular flexibility index (Phi) is 9.50. The van der Waals surface area contributed by atoms with E-state index in [4.69, 9.17) is 11.1 Å². The predicted molar refractivity (Wildman–Crippen MR) is 68.5 cm³/mol. The van der Waals surface area contributed by atoms with Crippen LogP contribution in [0.2, 0.25) is 0 Å². The molecule has 0 rings (SSSR count). The maximum atomic E-state index is 7.38. The Bertz CT molecular complexity index is 143. The van der Waals surface area contributed by atoms with Gasteiger partial charge in [-0.05, 0) is 36.7 Å². The van der Waals surface area contributed by atoms with Gasteiger partial charge in [0.2, 0.25) is 5.96 Å². The van der Waals surface area contributed by atoms with Gasteiger partial charge < -0.3 is 5.73 Å². The summed E-state index contributed by atoms with van der Waals surface area (Å²) in [6.45, 7) is 4.34. The van der Waals surface area contributed by atoms with Crippen LogP contribution in [-0.4, -0.2) is 21.2 Å². The van der Waals surface area contributed by atoms with E-state index >= 15 is 0 Å². The van der Waals surface area contributed by atoms with Gasteiger partial charge in [-0.25, -0.2) is 3.71 Å². The van der Waals surface area contributed by atoms with Crippen LogP contribution in [-0.2, 0) is 0 Å². The van der Waals surface area contributed by atoms with E-state index in [1.807, 2.05) is 3.71 Å². The Morgan fingerprint density at radius 1 is 1.14 bits per heavy atom. The normalized spacial score (nSPS) is 10.1. The molecule has 0 aromatic heterocycles. The fourth-order valence-corrected chi connectivity index (χ4v) is 2.95. The van der Waals surface area contributed by atoms with Crippen LogP contribution in [0.15, 0.2) is 0 Å². The summed E-state index contributed by atoms with van der Waals surface area (Å²) in [4.78, 5) is 0. The molecular formula is C9H21N3S2. The lowest BCUT2D eigenvalue weighted by Gasteiger charge is -2.19. The van der Waals surface area contributed by atoms with E-state index in [1.54, 1.807) is 23.9 Å². The summed E-state index contributed by atoms with van der Waals surface area (Å²) in [7, 11) is 0. The van der Waals surface area contributed by atoms with Crippen molar-refractivity contribution in [2.75, 3.05) is 11.5 Å². The molecule has 0 saturated heterocycles. The van der Waals surface area contributed by atoms with E-state index in [0.717, 1.165) is 11.5 Å². The highest BCUT2D eigenvalue weighted by Crippen LogP contribution is 2.22. The van der Waals surface area contributed by atoms with Crippen LogP contribution >= 0.6 is 23.9 Å². The Morgan fingerprint density at radius 3 is 1.86 bits per heavy atom. The van der Waals surface area contributed by atoms with Gasteiger partial charge in [-0.1, -0.05) is 26.7 Å². The molecule has 0 amide bonds. The van der Waals surface area contributed by atoms with Gasteiger partial charge in [0.25, 0.3) is 0 Å². The van der Waals surface area contributed by atoms with E-state index in [9.17, 15) is 0 Å². The number of nitrogens with two attached hydrogens (primary N) is 1. The molecule has 0 unspecified atom stereocenters. The van der Waals surface area contributed by atoms with Gasteiger partial charge in [-0.3, -0.25) is 5.41 Å². The van der Waals surface area contributed by atoms with Gasteiger partial charge in [-0.15, -0.1) is 0 Å². The molecule has 0 aliphatic heterocycles. The maximum Gasteiger partial charge on any atom is 0.209 e. The first-order valence-corrected chi connectivity index (χ1v) is 7.00. The predicted octanol–water partition coefficient (Wildman–Crippen LogP) is 3.08. The smallest absolute Gasteiger partial charge is 0.209 e. The van der Waals surface area contributed by atoms with Crippen molar-refractivity contribution in [3.8, 4) is 0 Å². The van der Waals surface area contributed by atoms with Gasteiger partial charge in [0, 0.05) is 11.5 Å². The number of guanidine groups is 1. The van der Waals surface area contributed by atoms with Crippen molar-refractivity contribution in [1.29, 1.82) is 5.41 Å². The highest BCUT2D eigenvalue weighted by atomic mass is 32.2. The molecule has 0 bridgehead atoms. The van der Waals surface area contributed by atoms with Crippen LogP contribution in [0, 0.1) is 5.41 Å². The molecule has 0 radical (unpaired) electrons. The van der Waals surface area contributed by atoms with E-state index in [-0.39, 0.29) is 5.96 Å². The number of hydrogen-bond acceptors (Lipinski definition) is 3. The van der Waals surface area contributed by atoms with Crippen molar-refractivity contribution >= 4 is 29.9 Å². The van der Waals surface area contributed by atoms with Gasteiger partial charge in [-0.2, -0.15) is 0 Å². The summed E-state index contributed by atoms with van der Waals surface area (Å²) < 4.78 is 1.82. The highest BCUT2D eigenvalue weighted by molar-refractivity contribution is 8.12. The Hall–Kier alpha value is -0.0300. The molecule has 0 aliphatic carbocycles. The van der Waals surface area contributed by atoms with Crippen LogP contribution < -0.4 is 5.73 Å². The van der Waals surface area contributed by atoms with Crippen molar-refractivity contribution in [2.45, 2.75) is 39.5 Å². The molecule has 3 nitrogen and oxygen atoms in total. The minimum Gasteiger partial charge on any atom is -0.369 e. The molecule has 0 atom stereocenters. The minimum atomic E-state index is 0.159. The highest BCUT2D eigenvalue weighted by Gasteiger charge is 2.06. The first-order valence-electron chi connectivity index (χ1n) is 5.12. The van der Waals surface area contributed by atoms with Crippen LogP contribution in [0.5, 0.6) is 0 Å². The van der Waals surface area contributed by atoms with E-state index in [1.165, 1.54) is 25.7 Å². The first-order chi connectivity index (χ1) is 6.72. The number of nitrogens with one attached hydrogen (secondary N) is 1. The SMILES string of the molecule is CCCCSN(SCCCC)C(=N)N. The van der Waals surface area contributed by atoms with Gasteiger partial charge >= 0.3 is 0 Å². The zero-order valence-corrected chi connectivity index (χ0v) is 10.7. The zero-order chi connectivity index (χ0) is 10.8. The van der Waals surface area contributed by atoms with E-state index in [2.05, 4.69) is 13.8 Å². The molecule has 3 N–H and O–H groups in total. The topological polar surface area (TPSA) is 53.1 Å². The lowest BCUT2D eigenvalue weighted by molar-refractivity contribution is 0.880. The van der Waals surface area contributed by atoms with Crippen molar-refractivity contribution in [3.05, 3.63) is 0 Å². The molecule has 0 spiro atoms. The fraction of sp³-hybridized carbons (Fsp3) is 0.889. The molecule has 0 aliphatic rings. The summed E-state index contributed by atoms with van der Waals surface area (Å²) in [5.41, 5.74) is 5.47. The molecule has 0 aromatic carbocycles. The number of unbranched alkanes of at least 4 members (excludes halogenated alkanes) is 2. The lowest BCUT2D eigenvalue weighted by atomic mass is 10.4. The Balaban J connectivity index is 3.61. The molecule has 5 heteroatoms. The van der Waals surface area contributed by atoms with Gasteiger partial charge in [0.15, 0.2) is 0 Å². The van der Waals surface area contributed by atoms with Crippen molar-refractivity contribution in [2.24, 2.45) is 5.73 Å². The summed E-state index contributed by atoms with van der Waals surface area (Å²) in [5.74, 6) is 2.26. The van der Waals surface area contributed by atoms with Crippen molar-refractivity contribution in [3.63, 3.8) is 0 Å².